The zero-order valence-corrected chi connectivity index (χ0v) is 14.5. The van der Waals surface area contributed by atoms with Gasteiger partial charge in [0.05, 0.1) is 6.10 Å². The predicted molar refractivity (Wildman–Crippen MR) is 92.5 cm³/mol. The van der Waals surface area contributed by atoms with Gasteiger partial charge in [-0.25, -0.2) is 0 Å². The minimum atomic E-state index is -0.0857. The molecular weight excluding hydrogens is 284 g/mol. The van der Waals surface area contributed by atoms with Crippen LogP contribution >= 0.6 is 0 Å². The molecule has 4 rings (SSSR count). The number of hydrogen-bond acceptors (Lipinski definition) is 2. The standard InChI is InChI=1S/C21H30O2/c1-3-13-9-14-10-15(22)5-6-17(14)18-7-8-21(4-2)12-16(23)11-19(21)20(13)18/h5-6,10,13,16,18-20,22-23H,3-4,7-9,11-12H2,1-2H3/t13-,16+,18-,19+,20-,21-/m1/s1. The van der Waals surface area contributed by atoms with Crippen molar-refractivity contribution in [3.8, 4) is 5.75 Å². The topological polar surface area (TPSA) is 40.5 Å². The molecule has 0 radical (unpaired) electrons. The monoisotopic (exact) mass is 314 g/mol. The van der Waals surface area contributed by atoms with Crippen molar-refractivity contribution in [2.45, 2.75) is 70.8 Å². The molecule has 2 fully saturated rings. The van der Waals surface area contributed by atoms with E-state index in [0.29, 0.717) is 28.9 Å². The molecule has 3 aliphatic rings. The Morgan fingerprint density at radius 1 is 1.26 bits per heavy atom. The third-order valence-corrected chi connectivity index (χ3v) is 7.62. The molecular formula is C21H30O2. The highest BCUT2D eigenvalue weighted by atomic mass is 16.3. The summed E-state index contributed by atoms with van der Waals surface area (Å²) in [5.74, 6) is 3.17. The number of aliphatic hydroxyl groups is 1. The van der Waals surface area contributed by atoms with Crippen LogP contribution in [0.25, 0.3) is 0 Å². The largest absolute Gasteiger partial charge is 0.508 e. The molecule has 2 nitrogen and oxygen atoms in total. The Morgan fingerprint density at radius 2 is 2.09 bits per heavy atom. The van der Waals surface area contributed by atoms with E-state index < -0.39 is 0 Å². The molecule has 23 heavy (non-hydrogen) atoms. The van der Waals surface area contributed by atoms with Crippen LogP contribution in [0.2, 0.25) is 0 Å². The molecule has 0 aliphatic heterocycles. The van der Waals surface area contributed by atoms with Gasteiger partial charge in [0.15, 0.2) is 0 Å². The third-order valence-electron chi connectivity index (χ3n) is 7.62. The van der Waals surface area contributed by atoms with Gasteiger partial charge in [0.2, 0.25) is 0 Å². The van der Waals surface area contributed by atoms with Gasteiger partial charge in [0, 0.05) is 0 Å². The van der Waals surface area contributed by atoms with Gasteiger partial charge in [-0.3, -0.25) is 0 Å². The Kier molecular flexibility index (Phi) is 3.72. The normalized spacial score (nSPS) is 42.0. The van der Waals surface area contributed by atoms with Crippen LogP contribution in [0.4, 0.5) is 0 Å². The van der Waals surface area contributed by atoms with Gasteiger partial charge in [-0.15, -0.1) is 0 Å². The van der Waals surface area contributed by atoms with Crippen LogP contribution in [0, 0.1) is 23.2 Å². The average molecular weight is 314 g/mol. The number of fused-ring (bicyclic) bond motifs is 5. The van der Waals surface area contributed by atoms with Gasteiger partial charge in [0.25, 0.3) is 0 Å². The van der Waals surface area contributed by atoms with Gasteiger partial charge in [0.1, 0.15) is 5.75 Å². The number of rotatable bonds is 2. The molecule has 0 spiro atoms. The summed E-state index contributed by atoms with van der Waals surface area (Å²) in [6.45, 7) is 4.66. The number of aromatic hydroxyl groups is 1. The summed E-state index contributed by atoms with van der Waals surface area (Å²) in [5, 5.41) is 20.3. The fourth-order valence-electron chi connectivity index (χ4n) is 6.58. The molecule has 2 saturated carbocycles. The maximum Gasteiger partial charge on any atom is 0.115 e. The van der Waals surface area contributed by atoms with Crippen molar-refractivity contribution >= 4 is 0 Å². The summed E-state index contributed by atoms with van der Waals surface area (Å²) in [7, 11) is 0. The predicted octanol–water partition coefficient (Wildman–Crippen LogP) is 4.64. The molecule has 0 heterocycles. The lowest BCUT2D eigenvalue weighted by molar-refractivity contribution is 0.00965. The Labute approximate surface area is 139 Å². The fraction of sp³-hybridized carbons (Fsp3) is 0.714. The quantitative estimate of drug-likeness (QED) is 0.835. The first-order valence-corrected chi connectivity index (χ1v) is 9.58. The lowest BCUT2D eigenvalue weighted by Gasteiger charge is -2.53. The zero-order valence-electron chi connectivity index (χ0n) is 14.5. The molecule has 0 amide bonds. The minimum Gasteiger partial charge on any atom is -0.508 e. The van der Waals surface area contributed by atoms with Crippen molar-refractivity contribution < 1.29 is 10.2 Å². The molecule has 1 aromatic rings. The summed E-state index contributed by atoms with van der Waals surface area (Å²) in [5.41, 5.74) is 3.26. The lowest BCUT2D eigenvalue weighted by atomic mass is 9.51. The highest BCUT2D eigenvalue weighted by Gasteiger charge is 2.56. The third kappa shape index (κ3) is 2.25. The van der Waals surface area contributed by atoms with Crippen LogP contribution in [-0.2, 0) is 6.42 Å². The number of hydrogen-bond donors (Lipinski definition) is 2. The van der Waals surface area contributed by atoms with Crippen LogP contribution in [0.3, 0.4) is 0 Å². The lowest BCUT2D eigenvalue weighted by Crippen LogP contribution is -2.44. The SMILES string of the molecule is CC[C@@H]1Cc2cc(O)ccc2[C@H]2CC[C@]3(CC)C[C@@H](O)C[C@H]3[C@H]12. The molecule has 2 heteroatoms. The number of benzene rings is 1. The van der Waals surface area contributed by atoms with Crippen LogP contribution in [0.1, 0.15) is 69.4 Å². The molecule has 0 aromatic heterocycles. The highest BCUT2D eigenvalue weighted by Crippen LogP contribution is 2.63. The molecule has 0 unspecified atom stereocenters. The second-order valence-electron chi connectivity index (χ2n) is 8.39. The van der Waals surface area contributed by atoms with Gasteiger partial charge in [-0.05, 0) is 84.5 Å². The Morgan fingerprint density at radius 3 is 2.83 bits per heavy atom. The van der Waals surface area contributed by atoms with E-state index in [1.807, 2.05) is 12.1 Å². The summed E-state index contributed by atoms with van der Waals surface area (Å²) in [6, 6.07) is 6.05. The van der Waals surface area contributed by atoms with E-state index in [0.717, 1.165) is 25.2 Å². The summed E-state index contributed by atoms with van der Waals surface area (Å²) < 4.78 is 0. The summed E-state index contributed by atoms with van der Waals surface area (Å²) in [6.07, 6.45) is 8.01. The van der Waals surface area contributed by atoms with Crippen molar-refractivity contribution in [2.24, 2.45) is 23.2 Å². The van der Waals surface area contributed by atoms with E-state index in [1.54, 1.807) is 0 Å². The molecule has 126 valence electrons. The Bertz CT molecular complexity index is 596. The number of phenols is 1. The first-order valence-electron chi connectivity index (χ1n) is 9.58. The van der Waals surface area contributed by atoms with E-state index in [1.165, 1.54) is 36.8 Å². The van der Waals surface area contributed by atoms with Crippen molar-refractivity contribution in [1.29, 1.82) is 0 Å². The van der Waals surface area contributed by atoms with Gasteiger partial charge < -0.3 is 10.2 Å². The maximum absolute atomic E-state index is 10.4. The summed E-state index contributed by atoms with van der Waals surface area (Å²) >= 11 is 0. The van der Waals surface area contributed by atoms with Crippen LogP contribution < -0.4 is 0 Å². The van der Waals surface area contributed by atoms with Crippen molar-refractivity contribution in [2.75, 3.05) is 0 Å². The van der Waals surface area contributed by atoms with Gasteiger partial charge >= 0.3 is 0 Å². The van der Waals surface area contributed by atoms with Crippen molar-refractivity contribution in [3.63, 3.8) is 0 Å². The molecule has 6 atom stereocenters. The van der Waals surface area contributed by atoms with Crippen LogP contribution in [-0.4, -0.2) is 16.3 Å². The summed E-state index contributed by atoms with van der Waals surface area (Å²) in [4.78, 5) is 0. The van der Waals surface area contributed by atoms with Crippen LogP contribution in [0.15, 0.2) is 18.2 Å². The number of phenolic OH excluding ortho intramolecular Hbond substituents is 1. The second kappa shape index (κ2) is 5.51. The average Bonchev–Trinajstić information content (AvgIpc) is 2.90. The van der Waals surface area contributed by atoms with Gasteiger partial charge in [-0.2, -0.15) is 0 Å². The van der Waals surface area contributed by atoms with E-state index >= 15 is 0 Å². The smallest absolute Gasteiger partial charge is 0.115 e. The Balaban J connectivity index is 1.77. The Hall–Kier alpha value is -1.02. The first kappa shape index (κ1) is 15.5. The fourth-order valence-corrected chi connectivity index (χ4v) is 6.58. The molecule has 0 saturated heterocycles. The first-order chi connectivity index (χ1) is 11.1. The molecule has 3 aliphatic carbocycles. The second-order valence-corrected chi connectivity index (χ2v) is 8.39. The van der Waals surface area contributed by atoms with Crippen molar-refractivity contribution in [3.05, 3.63) is 29.3 Å². The van der Waals surface area contributed by atoms with Gasteiger partial charge in [-0.1, -0.05) is 32.8 Å². The van der Waals surface area contributed by atoms with E-state index in [9.17, 15) is 10.2 Å². The van der Waals surface area contributed by atoms with E-state index in [4.69, 9.17) is 0 Å². The highest BCUT2D eigenvalue weighted by molar-refractivity contribution is 5.40. The van der Waals surface area contributed by atoms with Crippen molar-refractivity contribution in [1.82, 2.24) is 0 Å². The molecule has 1 aromatic carbocycles. The maximum atomic E-state index is 10.4. The number of aliphatic hydroxyl groups excluding tert-OH is 1. The molecule has 0 bridgehead atoms. The van der Waals surface area contributed by atoms with E-state index in [2.05, 4.69) is 19.9 Å². The minimum absolute atomic E-state index is 0.0857. The van der Waals surface area contributed by atoms with Crippen LogP contribution in [0.5, 0.6) is 5.75 Å². The molecule has 2 N–H and O–H groups in total. The zero-order chi connectivity index (χ0) is 16.2. The van der Waals surface area contributed by atoms with E-state index in [-0.39, 0.29) is 6.10 Å².